The predicted molar refractivity (Wildman–Crippen MR) is 265 cm³/mol. The van der Waals surface area contributed by atoms with Crippen molar-refractivity contribution in [3.63, 3.8) is 0 Å². The number of benzene rings is 10. The van der Waals surface area contributed by atoms with Crippen LogP contribution in [0.5, 0.6) is 0 Å². The van der Waals surface area contributed by atoms with Gasteiger partial charge >= 0.3 is 0 Å². The zero-order valence-corrected chi connectivity index (χ0v) is 34.9. The van der Waals surface area contributed by atoms with Gasteiger partial charge in [0.2, 0.25) is 0 Å². The van der Waals surface area contributed by atoms with Crippen LogP contribution in [0.3, 0.4) is 0 Å². The summed E-state index contributed by atoms with van der Waals surface area (Å²) >= 11 is 0. The van der Waals surface area contributed by atoms with Crippen LogP contribution in [0.2, 0.25) is 0 Å². The number of hydrogen-bond donors (Lipinski definition) is 0. The topological polar surface area (TPSA) is 30.7 Å². The number of fused-ring (bicyclic) bond motifs is 9. The second kappa shape index (κ2) is 14.3. The quantitative estimate of drug-likeness (QED) is 0.167. The molecule has 0 unspecified atom stereocenters. The van der Waals surface area contributed by atoms with E-state index in [0.717, 1.165) is 55.8 Å². The van der Waals surface area contributed by atoms with Gasteiger partial charge in [-0.15, -0.1) is 0 Å². The first-order chi connectivity index (χ1) is 31.8. The highest BCUT2D eigenvalue weighted by atomic mass is 15.0. The van der Waals surface area contributed by atoms with E-state index in [4.69, 9.17) is 9.97 Å². The maximum atomic E-state index is 5.41. The van der Waals surface area contributed by atoms with Crippen molar-refractivity contribution >= 4 is 43.6 Å². The van der Waals surface area contributed by atoms with Gasteiger partial charge in [-0.05, 0) is 91.7 Å². The summed E-state index contributed by atoms with van der Waals surface area (Å²) in [6, 6.07) is 85.6. The first kappa shape index (κ1) is 36.3. The molecule has 3 nitrogen and oxygen atoms in total. The fourth-order valence-electron chi connectivity index (χ4n) is 10.7. The Morgan fingerprint density at radius 1 is 0.359 bits per heavy atom. The predicted octanol–water partition coefficient (Wildman–Crippen LogP) is 15.2. The molecule has 0 aliphatic heterocycles. The number of aromatic nitrogens is 3. The van der Waals surface area contributed by atoms with Gasteiger partial charge in [-0.3, -0.25) is 0 Å². The number of hydrogen-bond acceptors (Lipinski definition) is 2. The largest absolute Gasteiger partial charge is 0.309 e. The Bertz CT molecular complexity index is 3720. The molecule has 0 spiro atoms. The molecular weight excluding hydrogens is 775 g/mol. The van der Waals surface area contributed by atoms with E-state index in [1.165, 1.54) is 60.5 Å². The molecule has 0 bridgehead atoms. The molecule has 2 heterocycles. The Hall–Kier alpha value is -8.40. The van der Waals surface area contributed by atoms with Crippen LogP contribution in [-0.4, -0.2) is 14.5 Å². The number of rotatable bonds is 6. The lowest BCUT2D eigenvalue weighted by atomic mass is 9.67. The monoisotopic (exact) mass is 813 g/mol. The summed E-state index contributed by atoms with van der Waals surface area (Å²) in [4.78, 5) is 10.8. The molecule has 0 saturated carbocycles. The minimum Gasteiger partial charge on any atom is -0.309 e. The highest BCUT2D eigenvalue weighted by Gasteiger charge is 2.46. The zero-order valence-electron chi connectivity index (χ0n) is 34.9. The van der Waals surface area contributed by atoms with Gasteiger partial charge in [0.1, 0.15) is 0 Å². The van der Waals surface area contributed by atoms with Crippen molar-refractivity contribution in [3.8, 4) is 50.5 Å². The van der Waals surface area contributed by atoms with Crippen molar-refractivity contribution in [1.82, 2.24) is 14.5 Å². The van der Waals surface area contributed by atoms with Crippen molar-refractivity contribution < 1.29 is 0 Å². The maximum Gasteiger partial charge on any atom is 0.0994 e. The second-order valence-electron chi connectivity index (χ2n) is 16.8. The summed E-state index contributed by atoms with van der Waals surface area (Å²) in [5.74, 6) is 0. The van der Waals surface area contributed by atoms with Crippen LogP contribution in [-0.2, 0) is 5.41 Å². The summed E-state index contributed by atoms with van der Waals surface area (Å²) in [6.07, 6.45) is 0. The Morgan fingerprint density at radius 3 is 1.69 bits per heavy atom. The molecule has 0 amide bonds. The van der Waals surface area contributed by atoms with Gasteiger partial charge in [-0.25, -0.2) is 9.97 Å². The number of para-hydroxylation sites is 5. The maximum absolute atomic E-state index is 5.41. The lowest BCUT2D eigenvalue weighted by Gasteiger charge is -2.33. The van der Waals surface area contributed by atoms with Crippen LogP contribution in [0, 0.1) is 0 Å². The van der Waals surface area contributed by atoms with Gasteiger partial charge in [0, 0.05) is 27.6 Å². The summed E-state index contributed by atoms with van der Waals surface area (Å²) in [5, 5.41) is 4.87. The number of nitrogens with zero attached hydrogens (tertiary/aromatic N) is 3. The highest BCUT2D eigenvalue weighted by molar-refractivity contribution is 6.14. The third-order valence-electron chi connectivity index (χ3n) is 13.5. The van der Waals surface area contributed by atoms with E-state index >= 15 is 0 Å². The molecular formula is C61H39N3. The Morgan fingerprint density at radius 2 is 0.938 bits per heavy atom. The van der Waals surface area contributed by atoms with E-state index in [9.17, 15) is 0 Å². The molecule has 10 aromatic carbocycles. The fourth-order valence-corrected chi connectivity index (χ4v) is 10.7. The van der Waals surface area contributed by atoms with E-state index < -0.39 is 5.41 Å². The van der Waals surface area contributed by atoms with Crippen molar-refractivity contribution in [2.45, 2.75) is 5.41 Å². The average molecular weight is 814 g/mol. The van der Waals surface area contributed by atoms with Crippen LogP contribution in [0.1, 0.15) is 22.3 Å². The molecule has 0 fully saturated rings. The standard InChI is InChI=1S/C61H39N3/c1-4-17-44(18-5-1)61(45-19-6-2-7-20-45)52-27-12-10-24-50(52)57-47-37-35-42(39-43(47)36-38-53(57)61)40-31-33-41(34-32-40)58-59(63-55-29-14-13-28-54(55)62-58)51-26-16-25-49-48-23-11-15-30-56(48)64(60(49)51)46-21-8-3-9-22-46/h1-39H. The molecule has 0 N–H and O–H groups in total. The van der Waals surface area contributed by atoms with Crippen LogP contribution in [0.25, 0.3) is 94.1 Å². The molecule has 0 saturated heterocycles. The van der Waals surface area contributed by atoms with Gasteiger partial charge in [0.25, 0.3) is 0 Å². The van der Waals surface area contributed by atoms with Gasteiger partial charge in [-0.2, -0.15) is 0 Å². The smallest absolute Gasteiger partial charge is 0.0994 e. The summed E-state index contributed by atoms with van der Waals surface area (Å²) in [7, 11) is 0. The average Bonchev–Trinajstić information content (AvgIpc) is 3.88. The van der Waals surface area contributed by atoms with Gasteiger partial charge in [0.15, 0.2) is 0 Å². The fraction of sp³-hybridized carbons (Fsp3) is 0.0164. The summed E-state index contributed by atoms with van der Waals surface area (Å²) < 4.78 is 2.38. The minimum absolute atomic E-state index is 0.425. The second-order valence-corrected chi connectivity index (χ2v) is 16.8. The van der Waals surface area contributed by atoms with E-state index in [0.29, 0.717) is 0 Å². The molecule has 1 aliphatic rings. The molecule has 298 valence electrons. The van der Waals surface area contributed by atoms with Crippen molar-refractivity contribution in [2.24, 2.45) is 0 Å². The zero-order chi connectivity index (χ0) is 42.2. The molecule has 0 atom stereocenters. The van der Waals surface area contributed by atoms with Crippen LogP contribution < -0.4 is 0 Å². The molecule has 12 aromatic rings. The highest BCUT2D eigenvalue weighted by Crippen LogP contribution is 2.58. The Labute approximate surface area is 371 Å². The molecule has 13 rings (SSSR count). The van der Waals surface area contributed by atoms with Crippen LogP contribution in [0.4, 0.5) is 0 Å². The van der Waals surface area contributed by atoms with Crippen molar-refractivity contribution in [1.29, 1.82) is 0 Å². The van der Waals surface area contributed by atoms with E-state index in [2.05, 4.69) is 229 Å². The molecule has 1 aliphatic carbocycles. The Kier molecular flexibility index (Phi) is 8.13. The Balaban J connectivity index is 0.951. The molecule has 2 aromatic heterocycles. The first-order valence-electron chi connectivity index (χ1n) is 22.0. The van der Waals surface area contributed by atoms with Crippen LogP contribution in [0.15, 0.2) is 237 Å². The van der Waals surface area contributed by atoms with Gasteiger partial charge in [-0.1, -0.05) is 200 Å². The molecule has 0 radical (unpaired) electrons. The van der Waals surface area contributed by atoms with E-state index in [1.807, 2.05) is 12.1 Å². The molecule has 3 heteroatoms. The van der Waals surface area contributed by atoms with Crippen LogP contribution >= 0.6 is 0 Å². The van der Waals surface area contributed by atoms with Gasteiger partial charge in [0.05, 0.1) is 38.9 Å². The first-order valence-corrected chi connectivity index (χ1v) is 22.0. The lowest BCUT2D eigenvalue weighted by molar-refractivity contribution is 0.769. The normalized spacial score (nSPS) is 12.8. The van der Waals surface area contributed by atoms with E-state index in [1.54, 1.807) is 0 Å². The minimum atomic E-state index is -0.425. The van der Waals surface area contributed by atoms with Crippen molar-refractivity contribution in [3.05, 3.63) is 259 Å². The lowest BCUT2D eigenvalue weighted by Crippen LogP contribution is -2.28. The SMILES string of the molecule is c1ccc(-n2c3ccccc3c3cccc(-c4nc5ccccc5nc4-c4ccc(-c5ccc6c7c(ccc6c5)C(c5ccccc5)(c5ccccc5)c5ccccc5-7)cc4)c32)cc1. The third kappa shape index (κ3) is 5.34. The van der Waals surface area contributed by atoms with Gasteiger partial charge < -0.3 is 4.57 Å². The van der Waals surface area contributed by atoms with Crippen molar-refractivity contribution in [2.75, 3.05) is 0 Å². The van der Waals surface area contributed by atoms with E-state index in [-0.39, 0.29) is 0 Å². The summed E-state index contributed by atoms with van der Waals surface area (Å²) in [6.45, 7) is 0. The third-order valence-corrected chi connectivity index (χ3v) is 13.5. The summed E-state index contributed by atoms with van der Waals surface area (Å²) in [5.41, 5.74) is 18.6. The molecule has 64 heavy (non-hydrogen) atoms.